The van der Waals surface area contributed by atoms with Crippen LogP contribution in [0, 0.1) is 5.82 Å². The number of amides is 1. The van der Waals surface area contributed by atoms with Crippen molar-refractivity contribution in [2.45, 2.75) is 19.4 Å². The summed E-state index contributed by atoms with van der Waals surface area (Å²) in [6.07, 6.45) is 2.46. The lowest BCUT2D eigenvalue weighted by Crippen LogP contribution is -2.51. The van der Waals surface area contributed by atoms with Gasteiger partial charge in [-0.2, -0.15) is 0 Å². The fourth-order valence-corrected chi connectivity index (χ4v) is 3.42. The van der Waals surface area contributed by atoms with Gasteiger partial charge >= 0.3 is 0 Å². The predicted octanol–water partition coefficient (Wildman–Crippen LogP) is 2.13. The number of rotatable bonds is 5. The van der Waals surface area contributed by atoms with Gasteiger partial charge < -0.3 is 9.80 Å². The molecule has 7 heteroatoms. The third-order valence-electron chi connectivity index (χ3n) is 4.90. The van der Waals surface area contributed by atoms with E-state index in [0.29, 0.717) is 18.7 Å². The number of carbonyl (C=O) groups is 1. The van der Waals surface area contributed by atoms with E-state index in [2.05, 4.69) is 21.8 Å². The number of anilines is 1. The molecule has 3 rings (SSSR count). The summed E-state index contributed by atoms with van der Waals surface area (Å²) in [5, 5.41) is 0. The van der Waals surface area contributed by atoms with Gasteiger partial charge in [0.2, 0.25) is 5.91 Å². The number of aryl methyl sites for hydroxylation is 1. The molecule has 144 valence electrons. The molecule has 1 amide bonds. The molecule has 0 spiro atoms. The van der Waals surface area contributed by atoms with Crippen molar-refractivity contribution in [3.63, 3.8) is 0 Å². The average Bonchev–Trinajstić information content (AvgIpc) is 2.68. The largest absolute Gasteiger partial charge is 0.353 e. The SMILES string of the molecule is CCc1cc(N2CCN(C(=O)[C@@H](c3cccc(F)c3)N(C)C)CC2)ncn1. The van der Waals surface area contributed by atoms with Gasteiger partial charge in [-0.25, -0.2) is 14.4 Å². The molecule has 0 saturated carbocycles. The maximum atomic E-state index is 13.6. The molecule has 6 nitrogen and oxygen atoms in total. The molecule has 0 N–H and O–H groups in total. The fraction of sp³-hybridized carbons (Fsp3) is 0.450. The van der Waals surface area contributed by atoms with Crippen molar-refractivity contribution in [3.05, 3.63) is 53.7 Å². The smallest absolute Gasteiger partial charge is 0.244 e. The molecule has 1 aliphatic heterocycles. The summed E-state index contributed by atoms with van der Waals surface area (Å²) < 4.78 is 13.6. The molecule has 1 saturated heterocycles. The minimum absolute atomic E-state index is 0.00202. The Morgan fingerprint density at radius 2 is 1.93 bits per heavy atom. The van der Waals surface area contributed by atoms with Gasteiger partial charge in [0.05, 0.1) is 0 Å². The Morgan fingerprint density at radius 3 is 2.56 bits per heavy atom. The zero-order valence-electron chi connectivity index (χ0n) is 16.1. The van der Waals surface area contributed by atoms with Gasteiger partial charge in [0, 0.05) is 37.9 Å². The highest BCUT2D eigenvalue weighted by Gasteiger charge is 2.30. The Kier molecular flexibility index (Phi) is 6.01. The number of carbonyl (C=O) groups excluding carboxylic acids is 1. The van der Waals surface area contributed by atoms with E-state index in [-0.39, 0.29) is 11.7 Å². The normalized spacial score (nSPS) is 15.9. The van der Waals surface area contributed by atoms with E-state index in [1.54, 1.807) is 18.5 Å². The van der Waals surface area contributed by atoms with Gasteiger partial charge in [0.15, 0.2) is 0 Å². The quantitative estimate of drug-likeness (QED) is 0.806. The molecule has 0 bridgehead atoms. The first-order valence-electron chi connectivity index (χ1n) is 9.26. The first-order valence-corrected chi connectivity index (χ1v) is 9.26. The van der Waals surface area contributed by atoms with E-state index < -0.39 is 6.04 Å². The van der Waals surface area contributed by atoms with Crippen molar-refractivity contribution in [1.82, 2.24) is 19.8 Å². The fourth-order valence-electron chi connectivity index (χ4n) is 3.42. The third kappa shape index (κ3) is 4.42. The van der Waals surface area contributed by atoms with Crippen molar-refractivity contribution in [3.8, 4) is 0 Å². The van der Waals surface area contributed by atoms with Gasteiger partial charge in [-0.3, -0.25) is 9.69 Å². The van der Waals surface area contributed by atoms with Crippen LogP contribution in [0.1, 0.15) is 24.2 Å². The first-order chi connectivity index (χ1) is 13.0. The summed E-state index contributed by atoms with van der Waals surface area (Å²) >= 11 is 0. The van der Waals surface area contributed by atoms with Crippen LogP contribution >= 0.6 is 0 Å². The van der Waals surface area contributed by atoms with Crippen LogP contribution in [0.25, 0.3) is 0 Å². The topological polar surface area (TPSA) is 52.6 Å². The van der Waals surface area contributed by atoms with Gasteiger partial charge in [0.25, 0.3) is 0 Å². The minimum Gasteiger partial charge on any atom is -0.353 e. The number of piperazine rings is 1. The molecule has 2 aromatic rings. The maximum Gasteiger partial charge on any atom is 0.244 e. The number of aromatic nitrogens is 2. The highest BCUT2D eigenvalue weighted by atomic mass is 19.1. The Morgan fingerprint density at radius 1 is 1.19 bits per heavy atom. The molecule has 27 heavy (non-hydrogen) atoms. The third-order valence-corrected chi connectivity index (χ3v) is 4.90. The second kappa shape index (κ2) is 8.43. The monoisotopic (exact) mass is 371 g/mol. The molecule has 1 fully saturated rings. The van der Waals surface area contributed by atoms with Crippen molar-refractivity contribution < 1.29 is 9.18 Å². The van der Waals surface area contributed by atoms with Crippen LogP contribution in [0.3, 0.4) is 0 Å². The van der Waals surface area contributed by atoms with Crippen LogP contribution in [0.15, 0.2) is 36.7 Å². The lowest BCUT2D eigenvalue weighted by molar-refractivity contribution is -0.136. The Bertz CT molecular complexity index is 789. The number of hydrogen-bond donors (Lipinski definition) is 0. The molecule has 0 unspecified atom stereocenters. The van der Waals surface area contributed by atoms with Gasteiger partial charge in [-0.05, 0) is 38.2 Å². The number of nitrogens with zero attached hydrogens (tertiary/aromatic N) is 5. The van der Waals surface area contributed by atoms with Crippen molar-refractivity contribution in [2.24, 2.45) is 0 Å². The van der Waals surface area contributed by atoms with Crippen LogP contribution in [0.2, 0.25) is 0 Å². The van der Waals surface area contributed by atoms with Crippen LogP contribution < -0.4 is 4.90 Å². The summed E-state index contributed by atoms with van der Waals surface area (Å²) in [5.74, 6) is 0.581. The van der Waals surface area contributed by atoms with E-state index in [4.69, 9.17) is 0 Å². The molecule has 1 atom stereocenters. The van der Waals surface area contributed by atoms with Crippen LogP contribution in [-0.2, 0) is 11.2 Å². The number of benzene rings is 1. The molecule has 0 radical (unpaired) electrons. The van der Waals surface area contributed by atoms with Gasteiger partial charge in [0.1, 0.15) is 24.0 Å². The van der Waals surface area contributed by atoms with Crippen LogP contribution in [0.5, 0.6) is 0 Å². The summed E-state index contributed by atoms with van der Waals surface area (Å²) in [4.78, 5) is 27.6. The standard InChI is InChI=1S/C20H26FN5O/c1-4-17-13-18(23-14-22-17)25-8-10-26(11-9-25)20(27)19(24(2)3)15-6-5-7-16(21)12-15/h5-7,12-14,19H,4,8-11H2,1-3H3/t19-/m1/s1. The summed E-state index contributed by atoms with van der Waals surface area (Å²) in [6, 6.07) is 7.80. The highest BCUT2D eigenvalue weighted by molar-refractivity contribution is 5.83. The zero-order valence-corrected chi connectivity index (χ0v) is 16.1. The Balaban J connectivity index is 1.69. The van der Waals surface area contributed by atoms with Crippen LogP contribution in [-0.4, -0.2) is 65.9 Å². The number of hydrogen-bond acceptors (Lipinski definition) is 5. The van der Waals surface area contributed by atoms with Crippen molar-refractivity contribution in [2.75, 3.05) is 45.2 Å². The molecule has 1 aromatic carbocycles. The predicted molar refractivity (Wildman–Crippen MR) is 103 cm³/mol. The number of likely N-dealkylation sites (N-methyl/N-ethyl adjacent to an activating group) is 1. The van der Waals surface area contributed by atoms with E-state index in [0.717, 1.165) is 31.0 Å². The summed E-state index contributed by atoms with van der Waals surface area (Å²) in [5.41, 5.74) is 1.69. The number of halogens is 1. The van der Waals surface area contributed by atoms with E-state index in [1.165, 1.54) is 12.1 Å². The summed E-state index contributed by atoms with van der Waals surface area (Å²) in [6.45, 7) is 4.73. The van der Waals surface area contributed by atoms with E-state index in [9.17, 15) is 9.18 Å². The Labute approximate surface area is 159 Å². The van der Waals surface area contributed by atoms with Crippen LogP contribution in [0.4, 0.5) is 10.2 Å². The van der Waals surface area contributed by atoms with Gasteiger partial charge in [-0.15, -0.1) is 0 Å². The lowest BCUT2D eigenvalue weighted by Gasteiger charge is -2.38. The summed E-state index contributed by atoms with van der Waals surface area (Å²) in [7, 11) is 3.69. The molecular formula is C20H26FN5O. The molecule has 2 heterocycles. The van der Waals surface area contributed by atoms with E-state index >= 15 is 0 Å². The first kappa shape index (κ1) is 19.2. The molecular weight excluding hydrogens is 345 g/mol. The zero-order chi connectivity index (χ0) is 19.4. The second-order valence-corrected chi connectivity index (χ2v) is 6.95. The molecule has 0 aliphatic carbocycles. The maximum absolute atomic E-state index is 13.6. The lowest BCUT2D eigenvalue weighted by atomic mass is 10.0. The van der Waals surface area contributed by atoms with Gasteiger partial charge in [-0.1, -0.05) is 19.1 Å². The highest BCUT2D eigenvalue weighted by Crippen LogP contribution is 2.23. The molecule has 1 aliphatic rings. The molecule has 1 aromatic heterocycles. The van der Waals surface area contributed by atoms with E-state index in [1.807, 2.05) is 30.0 Å². The Hall–Kier alpha value is -2.54. The average molecular weight is 371 g/mol. The minimum atomic E-state index is -0.488. The second-order valence-electron chi connectivity index (χ2n) is 6.95. The van der Waals surface area contributed by atoms with Crippen molar-refractivity contribution in [1.29, 1.82) is 0 Å². The van der Waals surface area contributed by atoms with Crippen molar-refractivity contribution >= 4 is 11.7 Å².